The fourth-order valence-corrected chi connectivity index (χ4v) is 1.61. The first-order valence-corrected chi connectivity index (χ1v) is 5.46. The van der Waals surface area contributed by atoms with Crippen molar-refractivity contribution in [2.24, 2.45) is 0 Å². The Morgan fingerprint density at radius 2 is 1.81 bits per heavy atom. The molecule has 0 heterocycles. The van der Waals surface area contributed by atoms with Crippen molar-refractivity contribution < 1.29 is 4.74 Å². The Bertz CT molecular complexity index is 534. The fraction of sp³-hybridized carbons (Fsp3) is 0. The number of ether oxygens (including phenoxy) is 1. The molecule has 0 radical (unpaired) electrons. The molecule has 0 amide bonds. The number of halogens is 1. The maximum absolute atomic E-state index is 8.82. The predicted octanol–water partition coefficient (Wildman–Crippen LogP) is 4.73. The van der Waals surface area contributed by atoms with E-state index in [1.165, 1.54) is 0 Å². The maximum atomic E-state index is 8.82. The SMILES string of the molecule is N#[N+]c1ccc(Br)cc1Oc1ccccc1. The molecule has 0 saturated heterocycles. The summed E-state index contributed by atoms with van der Waals surface area (Å²) in [6.45, 7) is 0. The minimum Gasteiger partial charge on any atom is -0.449 e. The van der Waals surface area contributed by atoms with E-state index in [0.717, 1.165) is 4.47 Å². The van der Waals surface area contributed by atoms with E-state index in [1.807, 2.05) is 30.3 Å². The number of benzene rings is 2. The third kappa shape index (κ3) is 2.38. The second-order valence-corrected chi connectivity index (χ2v) is 4.04. The molecule has 0 aromatic heterocycles. The molecule has 0 atom stereocenters. The number of hydrogen-bond donors (Lipinski definition) is 0. The van der Waals surface area contributed by atoms with E-state index in [-0.39, 0.29) is 0 Å². The van der Waals surface area contributed by atoms with Crippen LogP contribution in [0.4, 0.5) is 5.69 Å². The van der Waals surface area contributed by atoms with E-state index < -0.39 is 0 Å². The lowest BCUT2D eigenvalue weighted by molar-refractivity contribution is 0.485. The summed E-state index contributed by atoms with van der Waals surface area (Å²) >= 11 is 3.34. The van der Waals surface area contributed by atoms with Crippen molar-refractivity contribution in [3.8, 4) is 11.5 Å². The molecular weight excluding hydrogens is 268 g/mol. The van der Waals surface area contributed by atoms with Crippen LogP contribution in [0.2, 0.25) is 0 Å². The lowest BCUT2D eigenvalue weighted by atomic mass is 10.3. The number of hydrogen-bond acceptors (Lipinski definition) is 2. The Hall–Kier alpha value is -1.86. The second-order valence-electron chi connectivity index (χ2n) is 3.13. The molecule has 0 unspecified atom stereocenters. The molecule has 3 nitrogen and oxygen atoms in total. The highest BCUT2D eigenvalue weighted by Gasteiger charge is 2.15. The first-order chi connectivity index (χ1) is 7.79. The van der Waals surface area contributed by atoms with Gasteiger partial charge in [-0.2, -0.15) is 0 Å². The van der Waals surface area contributed by atoms with Crippen LogP contribution in [0, 0.1) is 5.39 Å². The van der Waals surface area contributed by atoms with Crippen molar-refractivity contribution in [3.05, 3.63) is 58.0 Å². The van der Waals surface area contributed by atoms with E-state index in [1.54, 1.807) is 18.2 Å². The molecule has 0 aliphatic rings. The predicted molar refractivity (Wildman–Crippen MR) is 65.4 cm³/mol. The zero-order chi connectivity index (χ0) is 11.4. The topological polar surface area (TPSA) is 37.4 Å². The number of rotatable bonds is 2. The summed E-state index contributed by atoms with van der Waals surface area (Å²) in [5, 5.41) is 8.82. The van der Waals surface area contributed by atoms with Gasteiger partial charge < -0.3 is 4.74 Å². The first-order valence-electron chi connectivity index (χ1n) is 4.67. The molecule has 0 N–H and O–H groups in total. The Kier molecular flexibility index (Phi) is 3.18. The zero-order valence-corrected chi connectivity index (χ0v) is 9.89. The van der Waals surface area contributed by atoms with Gasteiger partial charge in [0, 0.05) is 16.6 Å². The van der Waals surface area contributed by atoms with E-state index in [0.29, 0.717) is 17.2 Å². The van der Waals surface area contributed by atoms with Gasteiger partial charge in [0.2, 0.25) is 11.1 Å². The quantitative estimate of drug-likeness (QED) is 0.744. The highest BCUT2D eigenvalue weighted by atomic mass is 79.9. The van der Waals surface area contributed by atoms with Crippen LogP contribution in [0.5, 0.6) is 11.5 Å². The zero-order valence-electron chi connectivity index (χ0n) is 8.30. The van der Waals surface area contributed by atoms with Crippen LogP contribution in [-0.2, 0) is 0 Å². The van der Waals surface area contributed by atoms with Crippen LogP contribution in [0.1, 0.15) is 0 Å². The Morgan fingerprint density at radius 1 is 1.06 bits per heavy atom. The van der Waals surface area contributed by atoms with E-state index in [4.69, 9.17) is 10.1 Å². The van der Waals surface area contributed by atoms with Crippen molar-refractivity contribution in [3.63, 3.8) is 0 Å². The summed E-state index contributed by atoms with van der Waals surface area (Å²) in [4.78, 5) is 3.16. The van der Waals surface area contributed by atoms with Gasteiger partial charge >= 0.3 is 5.69 Å². The van der Waals surface area contributed by atoms with Crippen LogP contribution in [0.3, 0.4) is 0 Å². The van der Waals surface area contributed by atoms with Gasteiger partial charge in [0.25, 0.3) is 0 Å². The molecule has 78 valence electrons. The van der Waals surface area contributed by atoms with Gasteiger partial charge in [-0.25, -0.2) is 0 Å². The molecule has 4 heteroatoms. The summed E-state index contributed by atoms with van der Waals surface area (Å²) in [6.07, 6.45) is 0. The van der Waals surface area contributed by atoms with E-state index in [2.05, 4.69) is 20.9 Å². The van der Waals surface area contributed by atoms with Gasteiger partial charge in [-0.05, 0) is 18.2 Å². The molecular formula is C12H8BrN2O+. The molecule has 16 heavy (non-hydrogen) atoms. The van der Waals surface area contributed by atoms with E-state index >= 15 is 0 Å². The summed E-state index contributed by atoms with van der Waals surface area (Å²) in [6, 6.07) is 14.5. The minimum atomic E-state index is 0.395. The Labute approximate surface area is 101 Å². The normalized spacial score (nSPS) is 9.50. The summed E-state index contributed by atoms with van der Waals surface area (Å²) in [5.74, 6) is 1.20. The third-order valence-corrected chi connectivity index (χ3v) is 2.49. The molecule has 2 aromatic carbocycles. The second kappa shape index (κ2) is 4.77. The van der Waals surface area contributed by atoms with E-state index in [9.17, 15) is 0 Å². The number of para-hydroxylation sites is 1. The largest absolute Gasteiger partial charge is 0.449 e. The monoisotopic (exact) mass is 275 g/mol. The van der Waals surface area contributed by atoms with Gasteiger partial charge in [-0.1, -0.05) is 34.1 Å². The Balaban J connectivity index is 2.35. The fourth-order valence-electron chi connectivity index (χ4n) is 1.27. The van der Waals surface area contributed by atoms with Crippen molar-refractivity contribution in [2.45, 2.75) is 0 Å². The van der Waals surface area contributed by atoms with Crippen LogP contribution in [0.15, 0.2) is 53.0 Å². The smallest absolute Gasteiger partial charge is 0.426 e. The standard InChI is InChI=1S/C12H8BrN2O/c13-9-6-7-11(15-14)12(8-9)16-10-4-2-1-3-5-10/h1-8H/q+1. The molecule has 0 bridgehead atoms. The molecule has 2 rings (SSSR count). The summed E-state index contributed by atoms with van der Waals surface area (Å²) in [7, 11) is 0. The maximum Gasteiger partial charge on any atom is 0.426 e. The average Bonchev–Trinajstić information content (AvgIpc) is 2.31. The molecule has 0 spiro atoms. The summed E-state index contributed by atoms with van der Waals surface area (Å²) < 4.78 is 6.46. The highest BCUT2D eigenvalue weighted by Crippen LogP contribution is 2.34. The van der Waals surface area contributed by atoms with Crippen LogP contribution >= 0.6 is 15.9 Å². The highest BCUT2D eigenvalue weighted by molar-refractivity contribution is 9.10. The van der Waals surface area contributed by atoms with Gasteiger partial charge in [-0.15, -0.1) is 0 Å². The van der Waals surface area contributed by atoms with Crippen LogP contribution in [-0.4, -0.2) is 0 Å². The van der Waals surface area contributed by atoms with Crippen LogP contribution in [0.25, 0.3) is 4.98 Å². The molecule has 2 aromatic rings. The number of nitrogens with zero attached hydrogens (tertiary/aromatic N) is 2. The molecule has 0 aliphatic carbocycles. The van der Waals surface area contributed by atoms with Crippen LogP contribution < -0.4 is 4.74 Å². The van der Waals surface area contributed by atoms with Crippen molar-refractivity contribution >= 4 is 21.6 Å². The molecule has 0 saturated carbocycles. The third-order valence-electron chi connectivity index (χ3n) is 2.00. The first kappa shape index (κ1) is 10.7. The van der Waals surface area contributed by atoms with Gasteiger partial charge in [0.05, 0.1) is 0 Å². The van der Waals surface area contributed by atoms with Gasteiger partial charge in [0.15, 0.2) is 4.98 Å². The Morgan fingerprint density at radius 3 is 2.50 bits per heavy atom. The minimum absolute atomic E-state index is 0.395. The number of diazo groups is 1. The van der Waals surface area contributed by atoms with Gasteiger partial charge in [0.1, 0.15) is 5.75 Å². The lowest BCUT2D eigenvalue weighted by Crippen LogP contribution is -1.83. The van der Waals surface area contributed by atoms with Crippen molar-refractivity contribution in [1.82, 2.24) is 0 Å². The van der Waals surface area contributed by atoms with Gasteiger partial charge in [-0.3, -0.25) is 0 Å². The van der Waals surface area contributed by atoms with Crippen molar-refractivity contribution in [1.29, 1.82) is 5.39 Å². The lowest BCUT2D eigenvalue weighted by Gasteiger charge is -2.02. The summed E-state index contributed by atoms with van der Waals surface area (Å²) in [5.41, 5.74) is 0.395. The molecule has 0 aliphatic heterocycles. The average molecular weight is 276 g/mol. The van der Waals surface area contributed by atoms with Crippen molar-refractivity contribution in [2.75, 3.05) is 0 Å². The molecule has 0 fully saturated rings.